The number of nitrogens with zero attached hydrogens (tertiary/aromatic N) is 3. The molecule has 35 heavy (non-hydrogen) atoms. The number of hydrogen-bond acceptors (Lipinski definition) is 4. The number of nitrogens with one attached hydrogen (secondary N) is 1. The van der Waals surface area contributed by atoms with Crippen molar-refractivity contribution < 1.29 is 14.0 Å². The Morgan fingerprint density at radius 3 is 2.49 bits per heavy atom. The van der Waals surface area contributed by atoms with E-state index in [0.29, 0.717) is 36.4 Å². The Kier molecular flexibility index (Phi) is 6.80. The largest absolute Gasteiger partial charge is 0.463 e. The molecule has 190 valence electrons. The topological polar surface area (TPSA) is 70.7 Å². The Morgan fingerprint density at radius 2 is 1.80 bits per heavy atom. The van der Waals surface area contributed by atoms with Crippen molar-refractivity contribution in [2.24, 2.45) is 11.8 Å². The highest BCUT2D eigenvalue weighted by atomic mass is 16.3. The second-order valence-corrected chi connectivity index (χ2v) is 11.4. The summed E-state index contributed by atoms with van der Waals surface area (Å²) in [6.07, 6.45) is 8.14. The summed E-state index contributed by atoms with van der Waals surface area (Å²) in [4.78, 5) is 32.0. The lowest BCUT2D eigenvalue weighted by atomic mass is 9.91. The van der Waals surface area contributed by atoms with E-state index in [2.05, 4.69) is 24.1 Å². The first-order valence-corrected chi connectivity index (χ1v) is 13.4. The number of hydrogen-bond donors (Lipinski definition) is 1. The van der Waals surface area contributed by atoms with Crippen LogP contribution in [-0.2, 0) is 11.3 Å². The van der Waals surface area contributed by atoms with Gasteiger partial charge in [-0.15, -0.1) is 0 Å². The van der Waals surface area contributed by atoms with Crippen LogP contribution in [-0.4, -0.2) is 63.9 Å². The molecule has 2 amide bonds. The van der Waals surface area contributed by atoms with Gasteiger partial charge < -0.3 is 24.1 Å². The number of carbonyl (C=O) groups is 2. The van der Waals surface area contributed by atoms with Crippen LogP contribution in [0.1, 0.15) is 69.8 Å². The minimum absolute atomic E-state index is 0.0392. The third kappa shape index (κ3) is 4.80. The Labute approximate surface area is 208 Å². The smallest absolute Gasteiger partial charge is 0.271 e. The Bertz CT molecular complexity index is 1030. The van der Waals surface area contributed by atoms with E-state index < -0.39 is 5.54 Å². The maximum atomic E-state index is 13.8. The second-order valence-electron chi connectivity index (χ2n) is 11.4. The summed E-state index contributed by atoms with van der Waals surface area (Å²) in [5, 5.41) is 3.29. The molecule has 0 spiro atoms. The van der Waals surface area contributed by atoms with Crippen molar-refractivity contribution in [3.05, 3.63) is 36.2 Å². The number of likely N-dealkylation sites (tertiary alicyclic amines) is 1. The Morgan fingerprint density at radius 1 is 1.09 bits per heavy atom. The van der Waals surface area contributed by atoms with Crippen molar-refractivity contribution in [2.75, 3.05) is 26.2 Å². The molecule has 3 aliphatic rings. The van der Waals surface area contributed by atoms with Crippen LogP contribution in [0.15, 0.2) is 34.9 Å². The van der Waals surface area contributed by atoms with Crippen LogP contribution in [0.2, 0.25) is 0 Å². The van der Waals surface area contributed by atoms with Gasteiger partial charge in [0.15, 0.2) is 0 Å². The molecule has 2 aliphatic heterocycles. The lowest BCUT2D eigenvalue weighted by molar-refractivity contribution is -0.133. The zero-order valence-corrected chi connectivity index (χ0v) is 21.5. The van der Waals surface area contributed by atoms with Crippen LogP contribution < -0.4 is 5.32 Å². The van der Waals surface area contributed by atoms with E-state index in [1.807, 2.05) is 40.7 Å². The SMILES string of the molecule is C[C@@H]1C[C@@H](C)CN(CCCN2C(=O)c3ccc(-c4ccco4)n3C[C@@]2(C)C(=O)NC2CCCC2)C1. The van der Waals surface area contributed by atoms with Crippen LogP contribution in [0, 0.1) is 11.8 Å². The molecule has 4 heterocycles. The van der Waals surface area contributed by atoms with E-state index in [4.69, 9.17) is 4.42 Å². The average Bonchev–Trinajstić information content (AvgIpc) is 3.57. The van der Waals surface area contributed by atoms with Crippen molar-refractivity contribution in [1.29, 1.82) is 0 Å². The molecule has 1 saturated heterocycles. The summed E-state index contributed by atoms with van der Waals surface area (Å²) in [5.74, 6) is 2.02. The fourth-order valence-corrected chi connectivity index (χ4v) is 6.60. The van der Waals surface area contributed by atoms with Crippen LogP contribution >= 0.6 is 0 Å². The number of carbonyl (C=O) groups excluding carboxylic acids is 2. The highest BCUT2D eigenvalue weighted by Crippen LogP contribution is 2.34. The van der Waals surface area contributed by atoms with Crippen LogP contribution in [0.4, 0.5) is 0 Å². The molecule has 1 aliphatic carbocycles. The van der Waals surface area contributed by atoms with Gasteiger partial charge in [0.1, 0.15) is 17.0 Å². The standard InChI is InChI=1S/C28H40N4O3/c1-20-16-21(2)18-30(17-20)13-7-14-32-26(33)24-12-11-23(25-10-6-15-35-25)31(24)19-28(32,3)27(34)29-22-8-4-5-9-22/h6,10-12,15,20-22H,4-5,7-9,13-14,16-19H2,1-3H3,(H,29,34)/t20-,21-,28+/m1/s1. The molecule has 1 N–H and O–H groups in total. The number of fused-ring (bicyclic) bond motifs is 1. The molecule has 7 heteroatoms. The van der Waals surface area contributed by atoms with Gasteiger partial charge in [-0.25, -0.2) is 0 Å². The van der Waals surface area contributed by atoms with Crippen molar-refractivity contribution in [1.82, 2.24) is 19.7 Å². The van der Waals surface area contributed by atoms with E-state index in [9.17, 15) is 9.59 Å². The molecule has 5 rings (SSSR count). The van der Waals surface area contributed by atoms with Gasteiger partial charge in [0.05, 0.1) is 18.5 Å². The number of piperidine rings is 1. The zero-order chi connectivity index (χ0) is 24.6. The normalized spacial score (nSPS) is 27.9. The minimum atomic E-state index is -0.949. The Balaban J connectivity index is 1.38. The summed E-state index contributed by atoms with van der Waals surface area (Å²) in [6.45, 7) is 10.8. The lowest BCUT2D eigenvalue weighted by Gasteiger charge is -2.45. The summed E-state index contributed by atoms with van der Waals surface area (Å²) in [6, 6.07) is 7.76. The third-order valence-corrected chi connectivity index (χ3v) is 8.26. The number of furan rings is 1. The predicted molar refractivity (Wildman–Crippen MR) is 136 cm³/mol. The molecular formula is C28H40N4O3. The van der Waals surface area contributed by atoms with E-state index in [1.165, 1.54) is 6.42 Å². The molecule has 1 saturated carbocycles. The number of amides is 2. The van der Waals surface area contributed by atoms with E-state index in [1.54, 1.807) is 6.26 Å². The van der Waals surface area contributed by atoms with Gasteiger partial charge >= 0.3 is 0 Å². The predicted octanol–water partition coefficient (Wildman–Crippen LogP) is 4.39. The highest BCUT2D eigenvalue weighted by molar-refractivity contribution is 6.00. The van der Waals surface area contributed by atoms with Crippen LogP contribution in [0.25, 0.3) is 11.5 Å². The third-order valence-electron chi connectivity index (χ3n) is 8.26. The van der Waals surface area contributed by atoms with Crippen molar-refractivity contribution in [3.8, 4) is 11.5 Å². The first kappa shape index (κ1) is 24.2. The van der Waals surface area contributed by atoms with Gasteiger partial charge in [0.25, 0.3) is 5.91 Å². The summed E-state index contributed by atoms with van der Waals surface area (Å²) in [5.41, 5.74) is 0.520. The molecular weight excluding hydrogens is 440 g/mol. The number of rotatable bonds is 7. The molecule has 2 fully saturated rings. The highest BCUT2D eigenvalue weighted by Gasteiger charge is 2.48. The van der Waals surface area contributed by atoms with Crippen LogP contribution in [0.5, 0.6) is 0 Å². The summed E-state index contributed by atoms with van der Waals surface area (Å²) >= 11 is 0. The van der Waals surface area contributed by atoms with E-state index >= 15 is 0 Å². The van der Waals surface area contributed by atoms with Crippen molar-refractivity contribution in [2.45, 2.75) is 77.4 Å². The van der Waals surface area contributed by atoms with Gasteiger partial charge in [0, 0.05) is 25.7 Å². The van der Waals surface area contributed by atoms with E-state index in [0.717, 1.165) is 57.4 Å². The maximum absolute atomic E-state index is 13.8. The van der Waals surface area contributed by atoms with Gasteiger partial charge in [-0.3, -0.25) is 9.59 Å². The van der Waals surface area contributed by atoms with Crippen molar-refractivity contribution in [3.63, 3.8) is 0 Å². The first-order chi connectivity index (χ1) is 16.8. The first-order valence-electron chi connectivity index (χ1n) is 13.4. The molecule has 2 aromatic heterocycles. The molecule has 7 nitrogen and oxygen atoms in total. The lowest BCUT2D eigenvalue weighted by Crippen LogP contribution is -2.65. The molecule has 0 radical (unpaired) electrons. The molecule has 2 aromatic rings. The molecule has 0 aromatic carbocycles. The van der Waals surface area contributed by atoms with E-state index in [-0.39, 0.29) is 17.9 Å². The fourth-order valence-electron chi connectivity index (χ4n) is 6.60. The molecule has 3 atom stereocenters. The average molecular weight is 481 g/mol. The number of aromatic nitrogens is 1. The van der Waals surface area contributed by atoms with Crippen LogP contribution in [0.3, 0.4) is 0 Å². The fraction of sp³-hybridized carbons (Fsp3) is 0.643. The molecule has 0 unspecified atom stereocenters. The summed E-state index contributed by atoms with van der Waals surface area (Å²) < 4.78 is 7.61. The maximum Gasteiger partial charge on any atom is 0.271 e. The monoisotopic (exact) mass is 480 g/mol. The Hall–Kier alpha value is -2.54. The molecule has 0 bridgehead atoms. The van der Waals surface area contributed by atoms with Crippen molar-refractivity contribution >= 4 is 11.8 Å². The second kappa shape index (κ2) is 9.84. The van der Waals surface area contributed by atoms with Gasteiger partial charge in [-0.1, -0.05) is 26.7 Å². The zero-order valence-electron chi connectivity index (χ0n) is 21.5. The quantitative estimate of drug-likeness (QED) is 0.638. The van der Waals surface area contributed by atoms with Gasteiger partial charge in [-0.2, -0.15) is 0 Å². The summed E-state index contributed by atoms with van der Waals surface area (Å²) in [7, 11) is 0. The minimum Gasteiger partial charge on any atom is -0.463 e. The van der Waals surface area contributed by atoms with Gasteiger partial charge in [0.2, 0.25) is 5.91 Å². The van der Waals surface area contributed by atoms with Gasteiger partial charge in [-0.05, 0) is 75.3 Å².